The van der Waals surface area contributed by atoms with E-state index in [-0.39, 0.29) is 5.82 Å². The number of aromatic nitrogens is 1. The SMILES string of the molecule is Cc1cc(NCc2cccc(F)c2)ncc1Br. The third-order valence-corrected chi connectivity index (χ3v) is 3.24. The Morgan fingerprint density at radius 1 is 1.35 bits per heavy atom. The predicted octanol–water partition coefficient (Wildman–Crippen LogP) is 3.90. The van der Waals surface area contributed by atoms with Crippen LogP contribution in [0.25, 0.3) is 0 Å². The highest BCUT2D eigenvalue weighted by Gasteiger charge is 1.99. The fourth-order valence-electron chi connectivity index (χ4n) is 1.48. The Kier molecular flexibility index (Phi) is 3.74. The molecule has 0 amide bonds. The van der Waals surface area contributed by atoms with Crippen molar-refractivity contribution in [2.45, 2.75) is 13.5 Å². The van der Waals surface area contributed by atoms with Crippen LogP contribution in [-0.4, -0.2) is 4.98 Å². The molecule has 1 heterocycles. The van der Waals surface area contributed by atoms with Crippen molar-refractivity contribution in [3.63, 3.8) is 0 Å². The van der Waals surface area contributed by atoms with Crippen LogP contribution in [0.3, 0.4) is 0 Å². The molecule has 0 atom stereocenters. The zero-order valence-corrected chi connectivity index (χ0v) is 11.0. The Morgan fingerprint density at radius 2 is 2.18 bits per heavy atom. The van der Waals surface area contributed by atoms with Gasteiger partial charge in [-0.05, 0) is 52.2 Å². The number of halogens is 2. The van der Waals surface area contributed by atoms with Crippen LogP contribution in [0.15, 0.2) is 41.0 Å². The fraction of sp³-hybridized carbons (Fsp3) is 0.154. The molecule has 0 radical (unpaired) electrons. The minimum atomic E-state index is -0.218. The molecule has 1 aromatic carbocycles. The average Bonchev–Trinajstić information content (AvgIpc) is 2.31. The highest BCUT2D eigenvalue weighted by Crippen LogP contribution is 2.17. The predicted molar refractivity (Wildman–Crippen MR) is 70.4 cm³/mol. The number of benzene rings is 1. The largest absolute Gasteiger partial charge is 0.366 e. The first kappa shape index (κ1) is 12.0. The number of nitrogens with zero attached hydrogens (tertiary/aromatic N) is 1. The molecule has 1 aromatic heterocycles. The first-order valence-corrected chi connectivity index (χ1v) is 6.05. The summed E-state index contributed by atoms with van der Waals surface area (Å²) in [6.07, 6.45) is 1.75. The van der Waals surface area contributed by atoms with Crippen molar-refractivity contribution >= 4 is 21.7 Å². The van der Waals surface area contributed by atoms with E-state index in [0.29, 0.717) is 6.54 Å². The second-order valence-electron chi connectivity index (χ2n) is 3.80. The number of rotatable bonds is 3. The Balaban J connectivity index is 2.05. The van der Waals surface area contributed by atoms with Crippen molar-refractivity contribution < 1.29 is 4.39 Å². The Bertz CT molecular complexity index is 529. The molecule has 4 heteroatoms. The summed E-state index contributed by atoms with van der Waals surface area (Å²) in [5.74, 6) is 0.569. The summed E-state index contributed by atoms with van der Waals surface area (Å²) < 4.78 is 13.9. The number of hydrogen-bond donors (Lipinski definition) is 1. The van der Waals surface area contributed by atoms with E-state index < -0.39 is 0 Å². The number of pyridine rings is 1. The van der Waals surface area contributed by atoms with Crippen molar-refractivity contribution in [1.29, 1.82) is 0 Å². The van der Waals surface area contributed by atoms with E-state index in [2.05, 4.69) is 26.2 Å². The minimum Gasteiger partial charge on any atom is -0.366 e. The number of nitrogens with one attached hydrogen (secondary N) is 1. The van der Waals surface area contributed by atoms with E-state index in [4.69, 9.17) is 0 Å². The lowest BCUT2D eigenvalue weighted by molar-refractivity contribution is 0.626. The highest BCUT2D eigenvalue weighted by atomic mass is 79.9. The van der Waals surface area contributed by atoms with Gasteiger partial charge in [0.25, 0.3) is 0 Å². The molecule has 2 rings (SSSR count). The van der Waals surface area contributed by atoms with Crippen LogP contribution in [0.1, 0.15) is 11.1 Å². The summed E-state index contributed by atoms with van der Waals surface area (Å²) >= 11 is 3.40. The van der Waals surface area contributed by atoms with Gasteiger partial charge >= 0.3 is 0 Å². The van der Waals surface area contributed by atoms with Crippen LogP contribution in [0.4, 0.5) is 10.2 Å². The second kappa shape index (κ2) is 5.27. The molecule has 1 N–H and O–H groups in total. The van der Waals surface area contributed by atoms with Gasteiger partial charge in [-0.15, -0.1) is 0 Å². The summed E-state index contributed by atoms with van der Waals surface area (Å²) in [5.41, 5.74) is 2.01. The molecule has 0 bridgehead atoms. The van der Waals surface area contributed by atoms with Gasteiger partial charge in [0.15, 0.2) is 0 Å². The molecule has 0 saturated carbocycles. The molecule has 0 aliphatic rings. The van der Waals surface area contributed by atoms with Gasteiger partial charge in [0.2, 0.25) is 0 Å². The van der Waals surface area contributed by atoms with Crippen LogP contribution in [-0.2, 0) is 6.54 Å². The van der Waals surface area contributed by atoms with Gasteiger partial charge in [-0.1, -0.05) is 12.1 Å². The lowest BCUT2D eigenvalue weighted by atomic mass is 10.2. The van der Waals surface area contributed by atoms with Crippen LogP contribution in [0, 0.1) is 12.7 Å². The molecule has 0 aliphatic carbocycles. The number of anilines is 1. The molecule has 2 aromatic rings. The molecule has 17 heavy (non-hydrogen) atoms. The van der Waals surface area contributed by atoms with Gasteiger partial charge in [0, 0.05) is 17.2 Å². The number of hydrogen-bond acceptors (Lipinski definition) is 2. The van der Waals surface area contributed by atoms with Crippen LogP contribution < -0.4 is 5.32 Å². The van der Waals surface area contributed by atoms with Gasteiger partial charge in [-0.25, -0.2) is 9.37 Å². The van der Waals surface area contributed by atoms with Crippen molar-refractivity contribution in [3.05, 3.63) is 57.9 Å². The molecular weight excluding hydrogens is 283 g/mol. The molecular formula is C13H12BrFN2. The zero-order chi connectivity index (χ0) is 12.3. The van der Waals surface area contributed by atoms with E-state index in [1.54, 1.807) is 12.3 Å². The van der Waals surface area contributed by atoms with Crippen LogP contribution >= 0.6 is 15.9 Å². The molecule has 0 aliphatic heterocycles. The molecule has 0 fully saturated rings. The van der Waals surface area contributed by atoms with Crippen molar-refractivity contribution in [2.24, 2.45) is 0 Å². The summed E-state index contributed by atoms with van der Waals surface area (Å²) in [5, 5.41) is 3.16. The molecule has 0 spiro atoms. The second-order valence-corrected chi connectivity index (χ2v) is 4.66. The molecule has 88 valence electrons. The lowest BCUT2D eigenvalue weighted by Crippen LogP contribution is -2.01. The van der Waals surface area contributed by atoms with E-state index in [0.717, 1.165) is 21.4 Å². The molecule has 0 unspecified atom stereocenters. The van der Waals surface area contributed by atoms with Crippen molar-refractivity contribution in [1.82, 2.24) is 4.98 Å². The van der Waals surface area contributed by atoms with Gasteiger partial charge in [0.05, 0.1) is 0 Å². The Morgan fingerprint density at radius 3 is 2.88 bits per heavy atom. The van der Waals surface area contributed by atoms with E-state index in [1.165, 1.54) is 12.1 Å². The average molecular weight is 295 g/mol. The Hall–Kier alpha value is -1.42. The maximum Gasteiger partial charge on any atom is 0.126 e. The lowest BCUT2D eigenvalue weighted by Gasteiger charge is -2.07. The summed E-state index contributed by atoms with van der Waals surface area (Å²) in [4.78, 5) is 4.22. The van der Waals surface area contributed by atoms with Gasteiger partial charge in [-0.2, -0.15) is 0 Å². The topological polar surface area (TPSA) is 24.9 Å². The van der Waals surface area contributed by atoms with E-state index in [9.17, 15) is 4.39 Å². The standard InChI is InChI=1S/C13H12BrFN2/c1-9-5-13(17-8-12(9)14)16-7-10-3-2-4-11(15)6-10/h2-6,8H,7H2,1H3,(H,16,17). The third-order valence-electron chi connectivity index (χ3n) is 2.41. The normalized spacial score (nSPS) is 10.3. The molecule has 0 saturated heterocycles. The Labute approximate surface area is 108 Å². The quantitative estimate of drug-likeness (QED) is 0.928. The monoisotopic (exact) mass is 294 g/mol. The first-order valence-electron chi connectivity index (χ1n) is 5.25. The summed E-state index contributed by atoms with van der Waals surface area (Å²) in [6, 6.07) is 8.47. The highest BCUT2D eigenvalue weighted by molar-refractivity contribution is 9.10. The smallest absolute Gasteiger partial charge is 0.126 e. The summed E-state index contributed by atoms with van der Waals surface area (Å²) in [6.45, 7) is 2.56. The molecule has 2 nitrogen and oxygen atoms in total. The van der Waals surface area contributed by atoms with Gasteiger partial charge < -0.3 is 5.32 Å². The van der Waals surface area contributed by atoms with Crippen molar-refractivity contribution in [3.8, 4) is 0 Å². The first-order chi connectivity index (χ1) is 8.15. The maximum atomic E-state index is 13.0. The van der Waals surface area contributed by atoms with E-state index in [1.807, 2.05) is 19.1 Å². The van der Waals surface area contributed by atoms with E-state index >= 15 is 0 Å². The van der Waals surface area contributed by atoms with Gasteiger partial charge in [-0.3, -0.25) is 0 Å². The number of aryl methyl sites for hydroxylation is 1. The fourth-order valence-corrected chi connectivity index (χ4v) is 1.69. The van der Waals surface area contributed by atoms with Gasteiger partial charge in [0.1, 0.15) is 11.6 Å². The van der Waals surface area contributed by atoms with Crippen LogP contribution in [0.5, 0.6) is 0 Å². The zero-order valence-electron chi connectivity index (χ0n) is 9.37. The van der Waals surface area contributed by atoms with Crippen LogP contribution in [0.2, 0.25) is 0 Å². The maximum absolute atomic E-state index is 13.0. The minimum absolute atomic E-state index is 0.218. The summed E-state index contributed by atoms with van der Waals surface area (Å²) in [7, 11) is 0. The van der Waals surface area contributed by atoms with Crippen molar-refractivity contribution in [2.75, 3.05) is 5.32 Å². The third kappa shape index (κ3) is 3.27.